The third kappa shape index (κ3) is 4.63. The molecule has 0 heterocycles. The highest BCUT2D eigenvalue weighted by atomic mass is 19.3. The molecule has 0 radical (unpaired) electrons. The highest BCUT2D eigenvalue weighted by Crippen LogP contribution is 2.40. The summed E-state index contributed by atoms with van der Waals surface area (Å²) < 4.78 is 98.4. The van der Waals surface area contributed by atoms with Crippen molar-refractivity contribution >= 4 is 0 Å². The second kappa shape index (κ2) is 9.10. The summed E-state index contributed by atoms with van der Waals surface area (Å²) in [6.45, 7) is 2.10. The van der Waals surface area contributed by atoms with Gasteiger partial charge in [-0.05, 0) is 72.9 Å². The van der Waals surface area contributed by atoms with E-state index in [9.17, 15) is 30.7 Å². The van der Waals surface area contributed by atoms with E-state index in [-0.39, 0.29) is 5.92 Å². The van der Waals surface area contributed by atoms with Crippen molar-refractivity contribution in [3.8, 4) is 16.9 Å². The van der Waals surface area contributed by atoms with Crippen LogP contribution >= 0.6 is 0 Å². The zero-order valence-electron chi connectivity index (χ0n) is 16.1. The molecule has 2 aromatic rings. The van der Waals surface area contributed by atoms with Crippen LogP contribution in [0, 0.1) is 29.2 Å². The lowest BCUT2D eigenvalue weighted by Gasteiger charge is -2.28. The van der Waals surface area contributed by atoms with E-state index in [0.717, 1.165) is 44.2 Å². The lowest BCUT2D eigenvalue weighted by atomic mass is 9.77. The molecule has 1 nitrogen and oxygen atoms in total. The van der Waals surface area contributed by atoms with Crippen molar-refractivity contribution in [2.24, 2.45) is 5.92 Å². The van der Waals surface area contributed by atoms with Gasteiger partial charge >= 0.3 is 12.1 Å². The van der Waals surface area contributed by atoms with Gasteiger partial charge in [-0.1, -0.05) is 13.3 Å². The molecule has 0 bridgehead atoms. The van der Waals surface area contributed by atoms with Crippen LogP contribution in [0.3, 0.4) is 0 Å². The molecule has 30 heavy (non-hydrogen) atoms. The van der Waals surface area contributed by atoms with Crippen LogP contribution in [0.4, 0.5) is 30.7 Å². The standard InChI is InChI=1S/C22H19F7O/c1-2-11-3-5-12(6-4-11)13-7-15(23)19(16(24)8-13)14-9-17(25)20(18(26)10-14)30-22(29)21(27)28/h7-12H,2-6H2,1H3. The molecular formula is C22H19F7O. The predicted octanol–water partition coefficient (Wildman–Crippen LogP) is 8.01. The summed E-state index contributed by atoms with van der Waals surface area (Å²) in [7, 11) is 0. The minimum Gasteiger partial charge on any atom is -0.422 e. The molecule has 0 aliphatic heterocycles. The van der Waals surface area contributed by atoms with E-state index in [0.29, 0.717) is 23.6 Å². The highest BCUT2D eigenvalue weighted by molar-refractivity contribution is 5.66. The van der Waals surface area contributed by atoms with Crippen LogP contribution in [0.25, 0.3) is 11.1 Å². The Morgan fingerprint density at radius 2 is 1.37 bits per heavy atom. The van der Waals surface area contributed by atoms with E-state index < -0.39 is 52.2 Å². The van der Waals surface area contributed by atoms with Crippen molar-refractivity contribution in [1.82, 2.24) is 0 Å². The summed E-state index contributed by atoms with van der Waals surface area (Å²) in [5.74, 6) is -6.00. The second-order valence-electron chi connectivity index (χ2n) is 7.39. The van der Waals surface area contributed by atoms with Gasteiger partial charge in [-0.15, -0.1) is 0 Å². The van der Waals surface area contributed by atoms with Gasteiger partial charge in [0.1, 0.15) is 11.6 Å². The van der Waals surface area contributed by atoms with Crippen molar-refractivity contribution in [3.63, 3.8) is 0 Å². The summed E-state index contributed by atoms with van der Waals surface area (Å²) in [5.41, 5.74) is -0.688. The lowest BCUT2D eigenvalue weighted by molar-refractivity contribution is 0.227. The Labute approximate surface area is 169 Å². The van der Waals surface area contributed by atoms with E-state index in [1.165, 1.54) is 0 Å². The van der Waals surface area contributed by atoms with Crippen molar-refractivity contribution < 1.29 is 35.5 Å². The van der Waals surface area contributed by atoms with Gasteiger partial charge in [-0.3, -0.25) is 0 Å². The fourth-order valence-corrected chi connectivity index (χ4v) is 3.94. The predicted molar refractivity (Wildman–Crippen MR) is 97.7 cm³/mol. The molecule has 162 valence electrons. The molecule has 0 spiro atoms. The van der Waals surface area contributed by atoms with Gasteiger partial charge in [0.2, 0.25) is 5.75 Å². The number of hydrogen-bond acceptors (Lipinski definition) is 1. The van der Waals surface area contributed by atoms with Gasteiger partial charge in [0, 0.05) is 0 Å². The first-order chi connectivity index (χ1) is 14.2. The zero-order chi connectivity index (χ0) is 22.0. The molecule has 0 N–H and O–H groups in total. The van der Waals surface area contributed by atoms with Gasteiger partial charge in [-0.25, -0.2) is 17.6 Å². The van der Waals surface area contributed by atoms with Crippen molar-refractivity contribution in [1.29, 1.82) is 0 Å². The summed E-state index contributed by atoms with van der Waals surface area (Å²) in [6, 6.07) is 0.817. The fourth-order valence-electron chi connectivity index (χ4n) is 3.94. The SMILES string of the molecule is CCC1CCC(c2cc(F)c(-c3cc(F)c(OC(F)=C(F)F)c(F)c3)c(F)c2)CC1. The van der Waals surface area contributed by atoms with E-state index in [1.807, 2.05) is 0 Å². The molecule has 1 fully saturated rings. The van der Waals surface area contributed by atoms with Crippen LogP contribution < -0.4 is 4.74 Å². The highest BCUT2D eigenvalue weighted by Gasteiger charge is 2.25. The van der Waals surface area contributed by atoms with E-state index in [1.54, 1.807) is 0 Å². The van der Waals surface area contributed by atoms with Gasteiger partial charge in [-0.2, -0.15) is 13.2 Å². The lowest BCUT2D eigenvalue weighted by Crippen LogP contribution is -2.13. The first-order valence-electron chi connectivity index (χ1n) is 9.58. The van der Waals surface area contributed by atoms with Crippen LogP contribution in [0.1, 0.15) is 50.5 Å². The van der Waals surface area contributed by atoms with E-state index >= 15 is 0 Å². The maximum Gasteiger partial charge on any atom is 0.344 e. The molecule has 3 rings (SSSR count). The topological polar surface area (TPSA) is 9.23 Å². The Balaban J connectivity index is 1.92. The van der Waals surface area contributed by atoms with Crippen LogP contribution in [-0.2, 0) is 0 Å². The molecule has 1 aliphatic carbocycles. The Hall–Kier alpha value is -2.51. The summed E-state index contributed by atoms with van der Waals surface area (Å²) in [6.07, 6.45) is 1.69. The minimum absolute atomic E-state index is 0.000424. The minimum atomic E-state index is -2.90. The van der Waals surface area contributed by atoms with Gasteiger partial charge in [0.05, 0.1) is 5.56 Å². The third-order valence-electron chi connectivity index (χ3n) is 5.59. The maximum atomic E-state index is 14.7. The van der Waals surface area contributed by atoms with Gasteiger partial charge in [0.25, 0.3) is 0 Å². The van der Waals surface area contributed by atoms with E-state index in [2.05, 4.69) is 11.7 Å². The van der Waals surface area contributed by atoms with Crippen molar-refractivity contribution in [3.05, 3.63) is 65.2 Å². The number of hydrogen-bond donors (Lipinski definition) is 0. The van der Waals surface area contributed by atoms with Crippen LogP contribution in [-0.4, -0.2) is 0 Å². The molecule has 0 aromatic heterocycles. The molecule has 0 unspecified atom stereocenters. The molecule has 1 aliphatic rings. The quantitative estimate of drug-likeness (QED) is 0.344. The number of benzene rings is 2. The average Bonchev–Trinajstić information content (AvgIpc) is 2.70. The smallest absolute Gasteiger partial charge is 0.344 e. The molecule has 0 atom stereocenters. The number of halogens is 7. The normalized spacial score (nSPS) is 18.9. The molecule has 0 amide bonds. The van der Waals surface area contributed by atoms with Gasteiger partial charge in [0.15, 0.2) is 11.6 Å². The zero-order valence-corrected chi connectivity index (χ0v) is 16.1. The third-order valence-corrected chi connectivity index (χ3v) is 5.59. The summed E-state index contributed by atoms with van der Waals surface area (Å²) in [4.78, 5) is 0. The molecule has 0 saturated heterocycles. The molecule has 2 aromatic carbocycles. The number of rotatable bonds is 5. The van der Waals surface area contributed by atoms with Gasteiger partial charge < -0.3 is 4.74 Å². The monoisotopic (exact) mass is 432 g/mol. The molecule has 1 saturated carbocycles. The summed E-state index contributed by atoms with van der Waals surface area (Å²) in [5, 5.41) is 0. The average molecular weight is 432 g/mol. The Morgan fingerprint density at radius 3 is 1.83 bits per heavy atom. The maximum absolute atomic E-state index is 14.7. The first-order valence-corrected chi connectivity index (χ1v) is 9.58. The largest absolute Gasteiger partial charge is 0.422 e. The molecule has 8 heteroatoms. The Bertz CT molecular complexity index is 912. The Morgan fingerprint density at radius 1 is 0.833 bits per heavy atom. The van der Waals surface area contributed by atoms with Crippen LogP contribution in [0.5, 0.6) is 5.75 Å². The van der Waals surface area contributed by atoms with E-state index in [4.69, 9.17) is 0 Å². The number of ether oxygens (including phenoxy) is 1. The summed E-state index contributed by atoms with van der Waals surface area (Å²) >= 11 is 0. The van der Waals surface area contributed by atoms with Crippen LogP contribution in [0.2, 0.25) is 0 Å². The molecular weight excluding hydrogens is 413 g/mol. The van der Waals surface area contributed by atoms with Crippen molar-refractivity contribution in [2.45, 2.75) is 44.9 Å². The first kappa shape index (κ1) is 22.2. The van der Waals surface area contributed by atoms with Crippen molar-refractivity contribution in [2.75, 3.05) is 0 Å². The fraction of sp³-hybridized carbons (Fsp3) is 0.364. The van der Waals surface area contributed by atoms with Crippen LogP contribution in [0.15, 0.2) is 36.4 Å². The Kier molecular flexibility index (Phi) is 6.73. The second-order valence-corrected chi connectivity index (χ2v) is 7.39.